The number of nitrogens with two attached hydrogens (primary N) is 1. The van der Waals surface area contributed by atoms with Gasteiger partial charge in [-0.3, -0.25) is 4.68 Å². The van der Waals surface area contributed by atoms with Gasteiger partial charge in [0.25, 0.3) is 0 Å². The topological polar surface area (TPSA) is 79.4 Å². The molecule has 1 unspecified atom stereocenters. The van der Waals surface area contributed by atoms with Crippen LogP contribution in [0.4, 0.5) is 0 Å². The lowest BCUT2D eigenvalue weighted by molar-refractivity contribution is -0.148. The van der Waals surface area contributed by atoms with E-state index in [1.807, 2.05) is 13.8 Å². The summed E-state index contributed by atoms with van der Waals surface area (Å²) >= 11 is 0. The molecule has 1 fully saturated rings. The normalized spacial score (nSPS) is 18.2. The maximum atomic E-state index is 11.9. The smallest absolute Gasteiger partial charge is 0.328 e. The Labute approximate surface area is 112 Å². The third kappa shape index (κ3) is 3.07. The second-order valence-corrected chi connectivity index (χ2v) is 5.35. The number of carbonyl (C=O) groups is 1. The van der Waals surface area contributed by atoms with Crippen LogP contribution in [0.15, 0.2) is 12.4 Å². The Balaban J connectivity index is 2.09. The van der Waals surface area contributed by atoms with Crippen molar-refractivity contribution in [1.82, 2.24) is 9.78 Å². The van der Waals surface area contributed by atoms with Crippen LogP contribution < -0.4 is 10.5 Å². The highest BCUT2D eigenvalue weighted by Gasteiger charge is 2.49. The molecule has 1 aromatic rings. The highest BCUT2D eigenvalue weighted by molar-refractivity contribution is 5.81. The third-order valence-electron chi connectivity index (χ3n) is 3.28. The lowest BCUT2D eigenvalue weighted by atomic mass is 9.94. The van der Waals surface area contributed by atoms with Gasteiger partial charge in [0.2, 0.25) is 0 Å². The summed E-state index contributed by atoms with van der Waals surface area (Å²) in [4.78, 5) is 11.9. The van der Waals surface area contributed by atoms with Crippen molar-refractivity contribution in [3.63, 3.8) is 0 Å². The van der Waals surface area contributed by atoms with E-state index in [0.29, 0.717) is 12.3 Å². The van der Waals surface area contributed by atoms with Gasteiger partial charge in [-0.15, -0.1) is 0 Å². The van der Waals surface area contributed by atoms with Gasteiger partial charge >= 0.3 is 5.97 Å². The SMILES string of the molecule is COC(=O)C(N)(Cn1cc(OC(C)C)cn1)C1CC1. The average molecular weight is 267 g/mol. The molecule has 6 heteroatoms. The van der Waals surface area contributed by atoms with Crippen molar-refractivity contribution in [3.05, 3.63) is 12.4 Å². The molecule has 0 amide bonds. The second kappa shape index (κ2) is 5.21. The molecule has 1 heterocycles. The third-order valence-corrected chi connectivity index (χ3v) is 3.28. The molecule has 1 saturated carbocycles. The highest BCUT2D eigenvalue weighted by Crippen LogP contribution is 2.39. The summed E-state index contributed by atoms with van der Waals surface area (Å²) in [6.45, 7) is 4.21. The molecule has 19 heavy (non-hydrogen) atoms. The van der Waals surface area contributed by atoms with E-state index >= 15 is 0 Å². The molecule has 0 aliphatic heterocycles. The van der Waals surface area contributed by atoms with Crippen LogP contribution in [0.5, 0.6) is 5.75 Å². The van der Waals surface area contributed by atoms with Crippen molar-refractivity contribution in [1.29, 1.82) is 0 Å². The number of esters is 1. The summed E-state index contributed by atoms with van der Waals surface area (Å²) in [6, 6.07) is 0. The summed E-state index contributed by atoms with van der Waals surface area (Å²) in [5.41, 5.74) is 5.23. The van der Waals surface area contributed by atoms with E-state index in [0.717, 1.165) is 12.8 Å². The number of hydrogen-bond acceptors (Lipinski definition) is 5. The maximum absolute atomic E-state index is 11.9. The summed E-state index contributed by atoms with van der Waals surface area (Å²) in [5, 5.41) is 4.19. The lowest BCUT2D eigenvalue weighted by Gasteiger charge is -2.26. The molecule has 1 aliphatic carbocycles. The van der Waals surface area contributed by atoms with Crippen LogP contribution >= 0.6 is 0 Å². The fourth-order valence-electron chi connectivity index (χ4n) is 2.18. The Kier molecular flexibility index (Phi) is 3.80. The maximum Gasteiger partial charge on any atom is 0.328 e. The van der Waals surface area contributed by atoms with Crippen LogP contribution in [-0.4, -0.2) is 34.5 Å². The Hall–Kier alpha value is -1.56. The van der Waals surface area contributed by atoms with Crippen molar-refractivity contribution in [2.75, 3.05) is 7.11 Å². The second-order valence-electron chi connectivity index (χ2n) is 5.35. The fourth-order valence-corrected chi connectivity index (χ4v) is 2.18. The zero-order valence-electron chi connectivity index (χ0n) is 11.6. The number of ether oxygens (including phenoxy) is 2. The first-order valence-corrected chi connectivity index (χ1v) is 6.52. The lowest BCUT2D eigenvalue weighted by Crippen LogP contribution is -2.54. The first kappa shape index (κ1) is 13.9. The van der Waals surface area contributed by atoms with Crippen molar-refractivity contribution < 1.29 is 14.3 Å². The largest absolute Gasteiger partial charge is 0.488 e. The van der Waals surface area contributed by atoms with E-state index in [9.17, 15) is 4.79 Å². The molecule has 0 spiro atoms. The zero-order valence-corrected chi connectivity index (χ0v) is 11.6. The van der Waals surface area contributed by atoms with Crippen LogP contribution in [0, 0.1) is 5.92 Å². The monoisotopic (exact) mass is 267 g/mol. The molecular weight excluding hydrogens is 246 g/mol. The summed E-state index contributed by atoms with van der Waals surface area (Å²) in [6.07, 6.45) is 5.39. The number of methoxy groups -OCH3 is 1. The summed E-state index contributed by atoms with van der Waals surface area (Å²) in [5.74, 6) is 0.480. The molecule has 2 N–H and O–H groups in total. The predicted octanol–water partition coefficient (Wildman–Crippen LogP) is 0.951. The van der Waals surface area contributed by atoms with E-state index in [1.54, 1.807) is 17.1 Å². The Morgan fingerprint density at radius 3 is 2.84 bits per heavy atom. The summed E-state index contributed by atoms with van der Waals surface area (Å²) in [7, 11) is 1.36. The van der Waals surface area contributed by atoms with Gasteiger partial charge in [-0.05, 0) is 32.6 Å². The van der Waals surface area contributed by atoms with Crippen molar-refractivity contribution in [2.24, 2.45) is 11.7 Å². The van der Waals surface area contributed by atoms with Gasteiger partial charge in [0.05, 0.1) is 32.2 Å². The zero-order chi connectivity index (χ0) is 14.0. The molecule has 1 aromatic heterocycles. The quantitative estimate of drug-likeness (QED) is 0.776. The van der Waals surface area contributed by atoms with Gasteiger partial charge in [0, 0.05) is 0 Å². The molecule has 106 valence electrons. The molecule has 0 radical (unpaired) electrons. The van der Waals surface area contributed by atoms with Gasteiger partial charge in [0.1, 0.15) is 5.54 Å². The first-order chi connectivity index (χ1) is 8.95. The van der Waals surface area contributed by atoms with E-state index in [4.69, 9.17) is 15.2 Å². The molecule has 0 bridgehead atoms. The average Bonchev–Trinajstić information content (AvgIpc) is 3.12. The van der Waals surface area contributed by atoms with Crippen LogP contribution in [0.2, 0.25) is 0 Å². The molecule has 1 atom stereocenters. The molecule has 6 nitrogen and oxygen atoms in total. The van der Waals surface area contributed by atoms with Crippen molar-refractivity contribution in [3.8, 4) is 5.75 Å². The van der Waals surface area contributed by atoms with Crippen LogP contribution in [-0.2, 0) is 16.1 Å². The molecule has 1 aliphatic rings. The number of rotatable bonds is 6. The van der Waals surface area contributed by atoms with Crippen LogP contribution in [0.25, 0.3) is 0 Å². The Morgan fingerprint density at radius 1 is 1.63 bits per heavy atom. The number of carbonyl (C=O) groups excluding carboxylic acids is 1. The van der Waals surface area contributed by atoms with Gasteiger partial charge in [0.15, 0.2) is 5.75 Å². The Bertz CT molecular complexity index is 454. The minimum Gasteiger partial charge on any atom is -0.488 e. The Morgan fingerprint density at radius 2 is 2.32 bits per heavy atom. The predicted molar refractivity (Wildman–Crippen MR) is 69.6 cm³/mol. The van der Waals surface area contributed by atoms with Gasteiger partial charge in [-0.25, -0.2) is 4.79 Å². The van der Waals surface area contributed by atoms with Crippen LogP contribution in [0.3, 0.4) is 0 Å². The van der Waals surface area contributed by atoms with Crippen molar-refractivity contribution in [2.45, 2.75) is 44.9 Å². The molecule has 2 rings (SSSR count). The molecule has 0 aromatic carbocycles. The highest BCUT2D eigenvalue weighted by atomic mass is 16.5. The van der Waals surface area contributed by atoms with E-state index < -0.39 is 5.54 Å². The number of hydrogen-bond donors (Lipinski definition) is 1. The van der Waals surface area contributed by atoms with Gasteiger partial charge < -0.3 is 15.2 Å². The summed E-state index contributed by atoms with van der Waals surface area (Å²) < 4.78 is 12.0. The van der Waals surface area contributed by atoms with Gasteiger partial charge in [-0.1, -0.05) is 0 Å². The fraction of sp³-hybridized carbons (Fsp3) is 0.692. The minimum atomic E-state index is -0.990. The number of nitrogens with zero attached hydrogens (tertiary/aromatic N) is 2. The number of aromatic nitrogens is 2. The van der Waals surface area contributed by atoms with E-state index in [-0.39, 0.29) is 18.0 Å². The molecular formula is C13H21N3O3. The van der Waals surface area contributed by atoms with E-state index in [1.165, 1.54) is 7.11 Å². The van der Waals surface area contributed by atoms with Crippen molar-refractivity contribution >= 4 is 5.97 Å². The standard InChI is InChI=1S/C13H21N3O3/c1-9(2)19-11-6-15-16(7-11)8-13(14,10-4-5-10)12(17)18-3/h6-7,9-10H,4-5,8,14H2,1-3H3. The first-order valence-electron chi connectivity index (χ1n) is 6.52. The van der Waals surface area contributed by atoms with Crippen LogP contribution in [0.1, 0.15) is 26.7 Å². The minimum absolute atomic E-state index is 0.0873. The van der Waals surface area contributed by atoms with E-state index in [2.05, 4.69) is 5.10 Å². The molecule has 0 saturated heterocycles. The van der Waals surface area contributed by atoms with Gasteiger partial charge in [-0.2, -0.15) is 5.10 Å².